The Balaban J connectivity index is 1.76. The van der Waals surface area contributed by atoms with Gasteiger partial charge in [0.15, 0.2) is 6.61 Å². The maximum atomic E-state index is 12.1. The monoisotopic (exact) mass is 326 g/mol. The molecule has 0 bridgehead atoms. The summed E-state index contributed by atoms with van der Waals surface area (Å²) < 4.78 is 30.4. The van der Waals surface area contributed by atoms with Crippen LogP contribution in [0.1, 0.15) is 18.4 Å². The quantitative estimate of drug-likeness (QED) is 0.873. The number of hydrogen-bond donors (Lipinski definition) is 1. The highest BCUT2D eigenvalue weighted by molar-refractivity contribution is 7.88. The number of aryl methyl sites for hydroxylation is 1. The predicted molar refractivity (Wildman–Crippen MR) is 84.3 cm³/mol. The van der Waals surface area contributed by atoms with Gasteiger partial charge in [0.25, 0.3) is 5.91 Å². The van der Waals surface area contributed by atoms with E-state index in [1.165, 1.54) is 0 Å². The van der Waals surface area contributed by atoms with Crippen molar-refractivity contribution in [2.45, 2.75) is 25.8 Å². The largest absolute Gasteiger partial charge is 0.484 e. The van der Waals surface area contributed by atoms with Crippen LogP contribution in [0.25, 0.3) is 0 Å². The molecule has 0 radical (unpaired) electrons. The van der Waals surface area contributed by atoms with Crippen LogP contribution in [0, 0.1) is 6.92 Å². The van der Waals surface area contributed by atoms with Crippen molar-refractivity contribution in [3.05, 3.63) is 29.8 Å². The Hall–Kier alpha value is -1.60. The van der Waals surface area contributed by atoms with Crippen molar-refractivity contribution in [1.82, 2.24) is 9.62 Å². The minimum Gasteiger partial charge on any atom is -0.484 e. The summed E-state index contributed by atoms with van der Waals surface area (Å²) in [4.78, 5) is 13.8. The van der Waals surface area contributed by atoms with Crippen molar-refractivity contribution < 1.29 is 17.9 Å². The third-order valence-corrected chi connectivity index (χ3v) is 4.37. The van der Waals surface area contributed by atoms with E-state index in [4.69, 9.17) is 4.74 Å². The Labute approximate surface area is 131 Å². The number of carbonyl (C=O) groups excluding carboxylic acids is 1. The zero-order chi connectivity index (χ0) is 16.2. The second-order valence-electron chi connectivity index (χ2n) is 5.65. The molecule has 0 spiro atoms. The molecule has 1 saturated heterocycles. The van der Waals surface area contributed by atoms with Gasteiger partial charge in [0.2, 0.25) is 10.0 Å². The van der Waals surface area contributed by atoms with Crippen molar-refractivity contribution in [2.24, 2.45) is 0 Å². The molecule has 1 aromatic carbocycles. The number of hydrogen-bond acceptors (Lipinski definition) is 4. The molecule has 2 rings (SSSR count). The molecule has 0 unspecified atom stereocenters. The van der Waals surface area contributed by atoms with Crippen molar-refractivity contribution in [2.75, 3.05) is 26.0 Å². The lowest BCUT2D eigenvalue weighted by Crippen LogP contribution is -2.47. The van der Waals surface area contributed by atoms with Crippen LogP contribution in [-0.2, 0) is 14.8 Å². The minimum absolute atomic E-state index is 0.00718. The molecule has 1 amide bonds. The van der Waals surface area contributed by atoms with Crippen LogP contribution in [-0.4, -0.2) is 51.2 Å². The summed E-state index contributed by atoms with van der Waals surface area (Å²) in [7, 11) is -3.19. The van der Waals surface area contributed by atoms with Crippen LogP contribution in [0.3, 0.4) is 0 Å². The molecule has 1 aliphatic heterocycles. The fraction of sp³-hybridized carbons (Fsp3) is 0.533. The summed E-state index contributed by atoms with van der Waals surface area (Å²) >= 11 is 0. The van der Waals surface area contributed by atoms with Gasteiger partial charge in [-0.25, -0.2) is 13.1 Å². The first kappa shape index (κ1) is 16.8. The molecule has 1 N–H and O–H groups in total. The van der Waals surface area contributed by atoms with Gasteiger partial charge in [-0.05, 0) is 31.9 Å². The van der Waals surface area contributed by atoms with E-state index in [9.17, 15) is 13.2 Å². The van der Waals surface area contributed by atoms with Gasteiger partial charge in [0.05, 0.1) is 6.26 Å². The van der Waals surface area contributed by atoms with Gasteiger partial charge in [-0.1, -0.05) is 17.7 Å². The highest BCUT2D eigenvalue weighted by Crippen LogP contribution is 2.14. The number of ether oxygens (including phenoxy) is 1. The minimum atomic E-state index is -3.19. The molecule has 1 heterocycles. The average molecular weight is 326 g/mol. The molecule has 6 nitrogen and oxygen atoms in total. The normalized spacial score (nSPS) is 16.5. The summed E-state index contributed by atoms with van der Waals surface area (Å²) in [5.74, 6) is 0.603. The first-order chi connectivity index (χ1) is 10.3. The highest BCUT2D eigenvalue weighted by Gasteiger charge is 2.24. The SMILES string of the molecule is Cc1ccc(OCC(=O)N2CCC(NS(C)(=O)=O)CC2)cc1. The maximum Gasteiger partial charge on any atom is 0.260 e. The van der Waals surface area contributed by atoms with Crippen LogP contribution < -0.4 is 9.46 Å². The summed E-state index contributed by atoms with van der Waals surface area (Å²) in [5, 5.41) is 0. The van der Waals surface area contributed by atoms with E-state index in [1.807, 2.05) is 31.2 Å². The number of sulfonamides is 1. The van der Waals surface area contributed by atoms with Crippen LogP contribution in [0.2, 0.25) is 0 Å². The maximum absolute atomic E-state index is 12.1. The van der Waals surface area contributed by atoms with Gasteiger partial charge >= 0.3 is 0 Å². The number of rotatable bonds is 5. The summed E-state index contributed by atoms with van der Waals surface area (Å²) in [6, 6.07) is 7.46. The summed E-state index contributed by atoms with van der Waals surface area (Å²) in [6.45, 7) is 3.09. The first-order valence-corrected chi connectivity index (χ1v) is 9.17. The lowest BCUT2D eigenvalue weighted by molar-refractivity contribution is -0.134. The van der Waals surface area contributed by atoms with Gasteiger partial charge in [-0.2, -0.15) is 0 Å². The first-order valence-electron chi connectivity index (χ1n) is 7.28. The molecule has 0 aromatic heterocycles. The number of nitrogens with one attached hydrogen (secondary N) is 1. The van der Waals surface area contributed by atoms with Crippen molar-refractivity contribution in [3.63, 3.8) is 0 Å². The fourth-order valence-corrected chi connectivity index (χ4v) is 3.26. The molecule has 7 heteroatoms. The molecule has 1 fully saturated rings. The van der Waals surface area contributed by atoms with Crippen molar-refractivity contribution in [3.8, 4) is 5.75 Å². The Morgan fingerprint density at radius 2 is 1.86 bits per heavy atom. The molecular formula is C15H22N2O4S. The van der Waals surface area contributed by atoms with Crippen molar-refractivity contribution >= 4 is 15.9 Å². The number of carbonyl (C=O) groups is 1. The lowest BCUT2D eigenvalue weighted by atomic mass is 10.1. The van der Waals surface area contributed by atoms with E-state index in [-0.39, 0.29) is 18.6 Å². The van der Waals surface area contributed by atoms with Gasteiger partial charge in [0, 0.05) is 19.1 Å². The van der Waals surface area contributed by atoms with Gasteiger partial charge in [-0.15, -0.1) is 0 Å². The molecule has 122 valence electrons. The number of piperidine rings is 1. The molecule has 22 heavy (non-hydrogen) atoms. The fourth-order valence-electron chi connectivity index (χ4n) is 2.42. The summed E-state index contributed by atoms with van der Waals surface area (Å²) in [6.07, 6.45) is 2.41. The van der Waals surface area contributed by atoms with Gasteiger partial charge in [0.1, 0.15) is 5.75 Å². The molecular weight excluding hydrogens is 304 g/mol. The van der Waals surface area contributed by atoms with E-state index in [0.717, 1.165) is 11.8 Å². The number of likely N-dealkylation sites (tertiary alicyclic amines) is 1. The molecule has 1 aliphatic rings. The van der Waals surface area contributed by atoms with E-state index in [1.54, 1.807) is 4.90 Å². The zero-order valence-corrected chi connectivity index (χ0v) is 13.7. The number of benzene rings is 1. The van der Waals surface area contributed by atoms with Gasteiger partial charge in [-0.3, -0.25) is 4.79 Å². The third-order valence-electron chi connectivity index (χ3n) is 3.61. The number of amides is 1. The van der Waals surface area contributed by atoms with Gasteiger partial charge < -0.3 is 9.64 Å². The van der Waals surface area contributed by atoms with E-state index < -0.39 is 10.0 Å². The average Bonchev–Trinajstić information content (AvgIpc) is 2.45. The van der Waals surface area contributed by atoms with E-state index >= 15 is 0 Å². The second-order valence-corrected chi connectivity index (χ2v) is 7.43. The highest BCUT2D eigenvalue weighted by atomic mass is 32.2. The van der Waals surface area contributed by atoms with Crippen LogP contribution in [0.4, 0.5) is 0 Å². The summed E-state index contributed by atoms with van der Waals surface area (Å²) in [5.41, 5.74) is 1.14. The van der Waals surface area contributed by atoms with Crippen LogP contribution in [0.5, 0.6) is 5.75 Å². The predicted octanol–water partition coefficient (Wildman–Crippen LogP) is 0.914. The molecule has 0 saturated carbocycles. The molecule has 0 aliphatic carbocycles. The zero-order valence-electron chi connectivity index (χ0n) is 12.9. The van der Waals surface area contributed by atoms with E-state index in [0.29, 0.717) is 31.7 Å². The second kappa shape index (κ2) is 7.11. The van der Waals surface area contributed by atoms with Crippen LogP contribution >= 0.6 is 0 Å². The third kappa shape index (κ3) is 5.31. The topological polar surface area (TPSA) is 75.7 Å². The van der Waals surface area contributed by atoms with E-state index in [2.05, 4.69) is 4.72 Å². The Morgan fingerprint density at radius 3 is 2.41 bits per heavy atom. The van der Waals surface area contributed by atoms with Crippen molar-refractivity contribution in [1.29, 1.82) is 0 Å². The lowest BCUT2D eigenvalue weighted by Gasteiger charge is -2.31. The number of nitrogens with zero attached hydrogens (tertiary/aromatic N) is 1. The Bertz CT molecular complexity index is 605. The smallest absolute Gasteiger partial charge is 0.260 e. The Morgan fingerprint density at radius 1 is 1.27 bits per heavy atom. The molecule has 0 atom stereocenters. The van der Waals surface area contributed by atoms with Crippen LogP contribution in [0.15, 0.2) is 24.3 Å². The Kier molecular flexibility index (Phi) is 5.42. The molecule has 1 aromatic rings. The standard InChI is InChI=1S/C15H22N2O4S/c1-12-3-5-14(6-4-12)21-11-15(18)17-9-7-13(8-10-17)16-22(2,19)20/h3-6,13,16H,7-11H2,1-2H3.